The summed E-state index contributed by atoms with van der Waals surface area (Å²) in [6.07, 6.45) is 12.7. The first-order valence-electron chi connectivity index (χ1n) is 7.18. The molecular weight excluding hydrogens is 212 g/mol. The Morgan fingerprint density at radius 1 is 1.06 bits per heavy atom. The normalized spacial score (nSPS) is 12.6. The third-order valence-electron chi connectivity index (χ3n) is 2.94. The zero-order valence-electron chi connectivity index (χ0n) is 11.5. The Morgan fingerprint density at radius 3 is 2.24 bits per heavy atom. The number of rotatable bonds is 13. The molecular formula is C15H30O2. The van der Waals surface area contributed by atoms with Gasteiger partial charge in [0.2, 0.25) is 0 Å². The first-order chi connectivity index (χ1) is 8.31. The van der Waals surface area contributed by atoms with Gasteiger partial charge in [-0.05, 0) is 6.42 Å². The summed E-state index contributed by atoms with van der Waals surface area (Å²) in [5.74, 6) is 0. The highest BCUT2D eigenvalue weighted by Crippen LogP contribution is 2.10. The van der Waals surface area contributed by atoms with Crippen LogP contribution in [0.3, 0.4) is 0 Å². The van der Waals surface area contributed by atoms with Crippen molar-refractivity contribution in [2.45, 2.75) is 70.8 Å². The average Bonchev–Trinajstić information content (AvgIpc) is 2.33. The number of aliphatic hydroxyl groups excluding tert-OH is 1. The molecule has 0 fully saturated rings. The molecule has 0 bridgehead atoms. The monoisotopic (exact) mass is 242 g/mol. The lowest BCUT2D eigenvalue weighted by molar-refractivity contribution is 0.0431. The van der Waals surface area contributed by atoms with Crippen LogP contribution in [0.4, 0.5) is 0 Å². The van der Waals surface area contributed by atoms with E-state index in [1.807, 2.05) is 0 Å². The fourth-order valence-electron chi connectivity index (χ4n) is 1.88. The molecule has 0 aromatic carbocycles. The van der Waals surface area contributed by atoms with Gasteiger partial charge in [0, 0.05) is 0 Å². The minimum atomic E-state index is -0.296. The first kappa shape index (κ1) is 16.7. The van der Waals surface area contributed by atoms with E-state index in [1.165, 1.54) is 44.9 Å². The van der Waals surface area contributed by atoms with E-state index in [9.17, 15) is 5.11 Å². The van der Waals surface area contributed by atoms with Gasteiger partial charge in [0.15, 0.2) is 0 Å². The fourth-order valence-corrected chi connectivity index (χ4v) is 1.88. The van der Waals surface area contributed by atoms with Crippen LogP contribution in [-0.2, 0) is 4.74 Å². The molecule has 102 valence electrons. The van der Waals surface area contributed by atoms with Crippen molar-refractivity contribution in [3.63, 3.8) is 0 Å². The van der Waals surface area contributed by atoms with Crippen molar-refractivity contribution in [1.29, 1.82) is 0 Å². The Balaban J connectivity index is 3.08. The van der Waals surface area contributed by atoms with Crippen LogP contribution in [0.15, 0.2) is 12.7 Å². The van der Waals surface area contributed by atoms with Crippen LogP contribution >= 0.6 is 0 Å². The molecule has 0 aromatic heterocycles. The highest BCUT2D eigenvalue weighted by Gasteiger charge is 2.03. The summed E-state index contributed by atoms with van der Waals surface area (Å²) >= 11 is 0. The van der Waals surface area contributed by atoms with Crippen LogP contribution in [0.25, 0.3) is 0 Å². The van der Waals surface area contributed by atoms with Gasteiger partial charge in [-0.2, -0.15) is 0 Å². The Morgan fingerprint density at radius 2 is 1.65 bits per heavy atom. The molecule has 0 saturated carbocycles. The second-order valence-corrected chi connectivity index (χ2v) is 4.74. The van der Waals surface area contributed by atoms with Gasteiger partial charge >= 0.3 is 0 Å². The van der Waals surface area contributed by atoms with Crippen molar-refractivity contribution in [3.05, 3.63) is 12.7 Å². The maximum absolute atomic E-state index is 9.59. The van der Waals surface area contributed by atoms with Gasteiger partial charge in [-0.15, -0.1) is 6.58 Å². The van der Waals surface area contributed by atoms with Gasteiger partial charge in [0.1, 0.15) is 0 Å². The van der Waals surface area contributed by atoms with Crippen LogP contribution in [0.5, 0.6) is 0 Å². The van der Waals surface area contributed by atoms with Crippen molar-refractivity contribution in [2.24, 2.45) is 0 Å². The van der Waals surface area contributed by atoms with Crippen molar-refractivity contribution < 1.29 is 9.84 Å². The molecule has 0 aromatic rings. The van der Waals surface area contributed by atoms with Gasteiger partial charge in [-0.25, -0.2) is 0 Å². The van der Waals surface area contributed by atoms with E-state index < -0.39 is 0 Å². The molecule has 0 amide bonds. The third kappa shape index (κ3) is 13.6. The molecule has 17 heavy (non-hydrogen) atoms. The molecule has 0 radical (unpaired) electrons. The molecule has 0 heterocycles. The quantitative estimate of drug-likeness (QED) is 0.389. The maximum atomic E-state index is 9.59. The summed E-state index contributed by atoms with van der Waals surface area (Å²) in [6.45, 7) is 6.80. The van der Waals surface area contributed by atoms with Gasteiger partial charge in [0.05, 0.1) is 19.3 Å². The zero-order valence-corrected chi connectivity index (χ0v) is 11.5. The molecule has 0 aliphatic rings. The molecule has 2 heteroatoms. The number of hydrogen-bond acceptors (Lipinski definition) is 2. The lowest BCUT2D eigenvalue weighted by Gasteiger charge is -2.09. The van der Waals surface area contributed by atoms with E-state index in [-0.39, 0.29) is 6.10 Å². The predicted molar refractivity (Wildman–Crippen MR) is 74.2 cm³/mol. The van der Waals surface area contributed by atoms with Crippen molar-refractivity contribution in [1.82, 2.24) is 0 Å². The SMILES string of the molecule is C=CCOCC(O)CCCCCCCCCC. The molecule has 1 atom stereocenters. The Hall–Kier alpha value is -0.340. The number of ether oxygens (including phenoxy) is 1. The second kappa shape index (κ2) is 13.7. The van der Waals surface area contributed by atoms with Crippen molar-refractivity contribution in [2.75, 3.05) is 13.2 Å². The average molecular weight is 242 g/mol. The Labute approximate surface area is 107 Å². The lowest BCUT2D eigenvalue weighted by Crippen LogP contribution is -2.15. The number of aliphatic hydroxyl groups is 1. The molecule has 0 saturated heterocycles. The zero-order chi connectivity index (χ0) is 12.8. The van der Waals surface area contributed by atoms with E-state index in [2.05, 4.69) is 13.5 Å². The smallest absolute Gasteiger partial charge is 0.0773 e. The van der Waals surface area contributed by atoms with Crippen LogP contribution < -0.4 is 0 Å². The summed E-state index contributed by atoms with van der Waals surface area (Å²) in [5, 5.41) is 9.59. The van der Waals surface area contributed by atoms with E-state index >= 15 is 0 Å². The number of hydrogen-bond donors (Lipinski definition) is 1. The van der Waals surface area contributed by atoms with Gasteiger partial charge in [-0.3, -0.25) is 0 Å². The van der Waals surface area contributed by atoms with Crippen LogP contribution in [0, 0.1) is 0 Å². The standard InChI is InChI=1S/C15H30O2/c1-3-5-6-7-8-9-10-11-12-15(16)14-17-13-4-2/h4,15-16H,2-3,5-14H2,1H3. The second-order valence-electron chi connectivity index (χ2n) is 4.74. The fraction of sp³-hybridized carbons (Fsp3) is 0.867. The van der Waals surface area contributed by atoms with Crippen molar-refractivity contribution >= 4 is 0 Å². The molecule has 0 aliphatic heterocycles. The maximum Gasteiger partial charge on any atom is 0.0773 e. The van der Waals surface area contributed by atoms with Gasteiger partial charge in [-0.1, -0.05) is 64.4 Å². The van der Waals surface area contributed by atoms with E-state index in [1.54, 1.807) is 6.08 Å². The number of unbranched alkanes of at least 4 members (excludes halogenated alkanes) is 7. The van der Waals surface area contributed by atoms with Crippen LogP contribution in [-0.4, -0.2) is 24.4 Å². The molecule has 1 unspecified atom stereocenters. The minimum absolute atomic E-state index is 0.296. The summed E-state index contributed by atoms with van der Waals surface area (Å²) < 4.78 is 5.20. The molecule has 0 spiro atoms. The third-order valence-corrected chi connectivity index (χ3v) is 2.94. The van der Waals surface area contributed by atoms with Crippen LogP contribution in [0.1, 0.15) is 64.7 Å². The van der Waals surface area contributed by atoms with E-state index in [0.29, 0.717) is 13.2 Å². The molecule has 0 aliphatic carbocycles. The van der Waals surface area contributed by atoms with Crippen LogP contribution in [0.2, 0.25) is 0 Å². The molecule has 1 N–H and O–H groups in total. The topological polar surface area (TPSA) is 29.5 Å². The van der Waals surface area contributed by atoms with E-state index in [0.717, 1.165) is 12.8 Å². The summed E-state index contributed by atoms with van der Waals surface area (Å²) in [4.78, 5) is 0. The highest BCUT2D eigenvalue weighted by atomic mass is 16.5. The minimum Gasteiger partial charge on any atom is -0.391 e. The Kier molecular flexibility index (Phi) is 13.4. The largest absolute Gasteiger partial charge is 0.391 e. The van der Waals surface area contributed by atoms with Gasteiger partial charge in [0.25, 0.3) is 0 Å². The Bertz CT molecular complexity index is 157. The molecule has 2 nitrogen and oxygen atoms in total. The summed E-state index contributed by atoms with van der Waals surface area (Å²) in [5.41, 5.74) is 0. The molecule has 0 rings (SSSR count). The van der Waals surface area contributed by atoms with E-state index in [4.69, 9.17) is 4.74 Å². The first-order valence-corrected chi connectivity index (χ1v) is 7.18. The lowest BCUT2D eigenvalue weighted by atomic mass is 10.1. The highest BCUT2D eigenvalue weighted by molar-refractivity contribution is 4.65. The summed E-state index contributed by atoms with van der Waals surface area (Å²) in [6, 6.07) is 0. The predicted octanol–water partition coefficient (Wildman–Crippen LogP) is 4.08. The summed E-state index contributed by atoms with van der Waals surface area (Å²) in [7, 11) is 0. The van der Waals surface area contributed by atoms with Gasteiger partial charge < -0.3 is 9.84 Å². The van der Waals surface area contributed by atoms with Crippen molar-refractivity contribution in [3.8, 4) is 0 Å².